The number of ether oxygens (including phenoxy) is 1. The highest BCUT2D eigenvalue weighted by atomic mass is 19.1. The second kappa shape index (κ2) is 8.28. The highest BCUT2D eigenvalue weighted by Crippen LogP contribution is 2.22. The molecule has 2 aromatic rings. The zero-order valence-corrected chi connectivity index (χ0v) is 14.1. The molecule has 1 amide bonds. The number of amides is 1. The SMILES string of the molecule is COc1ccc(C(C)NC(=O)CCc2ccccc2C(=O)O)cc1F. The van der Waals surface area contributed by atoms with Gasteiger partial charge in [-0.05, 0) is 42.7 Å². The van der Waals surface area contributed by atoms with E-state index >= 15 is 0 Å². The Hall–Kier alpha value is -2.89. The van der Waals surface area contributed by atoms with Gasteiger partial charge >= 0.3 is 5.97 Å². The molecule has 0 aliphatic rings. The van der Waals surface area contributed by atoms with Crippen molar-refractivity contribution >= 4 is 11.9 Å². The number of halogens is 1. The van der Waals surface area contributed by atoms with Gasteiger partial charge in [0.1, 0.15) is 0 Å². The molecule has 0 saturated heterocycles. The lowest BCUT2D eigenvalue weighted by molar-refractivity contribution is -0.121. The van der Waals surface area contributed by atoms with Crippen LogP contribution in [0.3, 0.4) is 0 Å². The topological polar surface area (TPSA) is 75.6 Å². The summed E-state index contributed by atoms with van der Waals surface area (Å²) >= 11 is 0. The molecule has 132 valence electrons. The van der Waals surface area contributed by atoms with Crippen LogP contribution >= 0.6 is 0 Å². The highest BCUT2D eigenvalue weighted by molar-refractivity contribution is 5.89. The number of carboxylic acids is 1. The highest BCUT2D eigenvalue weighted by Gasteiger charge is 2.14. The van der Waals surface area contributed by atoms with E-state index in [1.807, 2.05) is 0 Å². The Bertz CT molecular complexity index is 776. The number of methoxy groups -OCH3 is 1. The minimum absolute atomic E-state index is 0.146. The molecule has 1 unspecified atom stereocenters. The summed E-state index contributed by atoms with van der Waals surface area (Å²) in [5.41, 5.74) is 1.42. The number of benzene rings is 2. The average molecular weight is 345 g/mol. The molecule has 0 spiro atoms. The van der Waals surface area contributed by atoms with Crippen molar-refractivity contribution in [3.05, 3.63) is 65.0 Å². The Morgan fingerprint density at radius 1 is 1.24 bits per heavy atom. The molecule has 25 heavy (non-hydrogen) atoms. The summed E-state index contributed by atoms with van der Waals surface area (Å²) in [5, 5.41) is 11.9. The Morgan fingerprint density at radius 2 is 1.96 bits per heavy atom. The zero-order valence-electron chi connectivity index (χ0n) is 14.1. The number of nitrogens with one attached hydrogen (secondary N) is 1. The first-order valence-electron chi connectivity index (χ1n) is 7.86. The lowest BCUT2D eigenvalue weighted by Gasteiger charge is -2.15. The van der Waals surface area contributed by atoms with Crippen LogP contribution in [0.5, 0.6) is 5.75 Å². The van der Waals surface area contributed by atoms with Gasteiger partial charge in [-0.1, -0.05) is 24.3 Å². The van der Waals surface area contributed by atoms with E-state index < -0.39 is 11.8 Å². The average Bonchev–Trinajstić information content (AvgIpc) is 2.60. The first-order valence-corrected chi connectivity index (χ1v) is 7.86. The number of hydrogen-bond acceptors (Lipinski definition) is 3. The first kappa shape index (κ1) is 18.4. The zero-order chi connectivity index (χ0) is 18.4. The van der Waals surface area contributed by atoms with Gasteiger partial charge in [-0.2, -0.15) is 0 Å². The van der Waals surface area contributed by atoms with E-state index in [9.17, 15) is 14.0 Å². The Kier molecular flexibility index (Phi) is 6.11. The van der Waals surface area contributed by atoms with Gasteiger partial charge in [0, 0.05) is 6.42 Å². The van der Waals surface area contributed by atoms with E-state index in [-0.39, 0.29) is 29.7 Å². The van der Waals surface area contributed by atoms with Crippen molar-refractivity contribution in [2.45, 2.75) is 25.8 Å². The molecule has 0 aromatic heterocycles. The second-order valence-electron chi connectivity index (χ2n) is 5.65. The van der Waals surface area contributed by atoms with Gasteiger partial charge in [-0.15, -0.1) is 0 Å². The monoisotopic (exact) mass is 345 g/mol. The minimum atomic E-state index is -1.02. The number of aryl methyl sites for hydroxylation is 1. The van der Waals surface area contributed by atoms with Gasteiger partial charge in [-0.3, -0.25) is 4.79 Å². The summed E-state index contributed by atoms with van der Waals surface area (Å²) in [6, 6.07) is 10.7. The smallest absolute Gasteiger partial charge is 0.335 e. The third-order valence-electron chi connectivity index (χ3n) is 3.92. The largest absolute Gasteiger partial charge is 0.494 e. The molecule has 0 saturated carbocycles. The number of carbonyl (C=O) groups excluding carboxylic acids is 1. The summed E-state index contributed by atoms with van der Waals surface area (Å²) in [4.78, 5) is 23.3. The molecular weight excluding hydrogens is 325 g/mol. The van der Waals surface area contributed by atoms with Crippen LogP contribution in [0.4, 0.5) is 4.39 Å². The van der Waals surface area contributed by atoms with E-state index in [4.69, 9.17) is 9.84 Å². The molecule has 6 heteroatoms. The van der Waals surface area contributed by atoms with Crippen molar-refractivity contribution in [1.82, 2.24) is 5.32 Å². The predicted molar refractivity (Wildman–Crippen MR) is 91.2 cm³/mol. The van der Waals surface area contributed by atoms with Crippen molar-refractivity contribution in [2.24, 2.45) is 0 Å². The minimum Gasteiger partial charge on any atom is -0.494 e. The predicted octanol–water partition coefficient (Wildman–Crippen LogP) is 3.34. The van der Waals surface area contributed by atoms with Crippen LogP contribution in [0.15, 0.2) is 42.5 Å². The van der Waals surface area contributed by atoms with E-state index in [0.717, 1.165) is 0 Å². The Labute approximate surface area is 145 Å². The first-order chi connectivity index (χ1) is 11.9. The van der Waals surface area contributed by atoms with Gasteiger partial charge in [0.2, 0.25) is 5.91 Å². The molecule has 0 aliphatic heterocycles. The van der Waals surface area contributed by atoms with Crippen molar-refractivity contribution in [3.8, 4) is 5.75 Å². The maximum Gasteiger partial charge on any atom is 0.335 e. The summed E-state index contributed by atoms with van der Waals surface area (Å²) in [6.07, 6.45) is 0.464. The Morgan fingerprint density at radius 3 is 2.60 bits per heavy atom. The molecule has 2 rings (SSSR count). The fourth-order valence-corrected chi connectivity index (χ4v) is 2.54. The number of rotatable bonds is 7. The third-order valence-corrected chi connectivity index (χ3v) is 3.92. The van der Waals surface area contributed by atoms with Crippen LogP contribution in [-0.4, -0.2) is 24.1 Å². The maximum atomic E-state index is 13.7. The van der Waals surface area contributed by atoms with Crippen LogP contribution < -0.4 is 10.1 Å². The number of aromatic carboxylic acids is 1. The van der Waals surface area contributed by atoms with Crippen molar-refractivity contribution < 1.29 is 23.8 Å². The molecular formula is C19H20FNO4. The maximum absolute atomic E-state index is 13.7. The van der Waals surface area contributed by atoms with Crippen LogP contribution in [0.2, 0.25) is 0 Å². The van der Waals surface area contributed by atoms with E-state index in [1.54, 1.807) is 31.2 Å². The molecule has 1 atom stereocenters. The number of hydrogen-bond donors (Lipinski definition) is 2. The van der Waals surface area contributed by atoms with Crippen LogP contribution in [0.1, 0.15) is 40.9 Å². The third kappa shape index (κ3) is 4.79. The quantitative estimate of drug-likeness (QED) is 0.807. The number of carbonyl (C=O) groups is 2. The van der Waals surface area contributed by atoms with E-state index in [2.05, 4.69) is 5.32 Å². The summed E-state index contributed by atoms with van der Waals surface area (Å²) in [7, 11) is 1.39. The molecule has 0 bridgehead atoms. The summed E-state index contributed by atoms with van der Waals surface area (Å²) in [6.45, 7) is 1.75. The molecule has 0 radical (unpaired) electrons. The lowest BCUT2D eigenvalue weighted by Crippen LogP contribution is -2.27. The molecule has 2 N–H and O–H groups in total. The molecule has 0 aliphatic carbocycles. The van der Waals surface area contributed by atoms with Gasteiger partial charge in [0.25, 0.3) is 0 Å². The van der Waals surface area contributed by atoms with Gasteiger partial charge in [0.05, 0.1) is 18.7 Å². The normalized spacial score (nSPS) is 11.6. The fraction of sp³-hybridized carbons (Fsp3) is 0.263. The fourth-order valence-electron chi connectivity index (χ4n) is 2.54. The van der Waals surface area contributed by atoms with Crippen molar-refractivity contribution in [3.63, 3.8) is 0 Å². The van der Waals surface area contributed by atoms with Gasteiger partial charge in [-0.25, -0.2) is 9.18 Å². The summed E-state index contributed by atoms with van der Waals surface area (Å²) in [5.74, 6) is -1.59. The molecule has 5 nitrogen and oxygen atoms in total. The molecule has 2 aromatic carbocycles. The summed E-state index contributed by atoms with van der Waals surface area (Å²) < 4.78 is 18.6. The van der Waals surface area contributed by atoms with E-state index in [1.165, 1.54) is 25.3 Å². The van der Waals surface area contributed by atoms with E-state index in [0.29, 0.717) is 17.5 Å². The standard InChI is InChI=1S/C19H20FNO4/c1-12(14-7-9-17(25-2)16(20)11-14)21-18(22)10-8-13-5-3-4-6-15(13)19(23)24/h3-7,9,11-12H,8,10H2,1-2H3,(H,21,22)(H,23,24). The van der Waals surface area contributed by atoms with Crippen LogP contribution in [-0.2, 0) is 11.2 Å². The van der Waals surface area contributed by atoms with Gasteiger partial charge < -0.3 is 15.2 Å². The Balaban J connectivity index is 1.96. The second-order valence-corrected chi connectivity index (χ2v) is 5.65. The molecule has 0 heterocycles. The lowest BCUT2D eigenvalue weighted by atomic mass is 10.0. The van der Waals surface area contributed by atoms with Crippen molar-refractivity contribution in [1.29, 1.82) is 0 Å². The van der Waals surface area contributed by atoms with Crippen molar-refractivity contribution in [2.75, 3.05) is 7.11 Å². The van der Waals surface area contributed by atoms with Crippen LogP contribution in [0.25, 0.3) is 0 Å². The number of carboxylic acid groups (broad SMARTS) is 1. The molecule has 0 fully saturated rings. The van der Waals surface area contributed by atoms with Gasteiger partial charge in [0.15, 0.2) is 11.6 Å². The van der Waals surface area contributed by atoms with Crippen LogP contribution in [0, 0.1) is 5.82 Å².